The van der Waals surface area contributed by atoms with Gasteiger partial charge in [0.1, 0.15) is 11.2 Å². The van der Waals surface area contributed by atoms with Crippen LogP contribution in [0.15, 0.2) is 12.4 Å². The molecule has 0 aliphatic carbocycles. The molecule has 0 radical (unpaired) electrons. The zero-order chi connectivity index (χ0) is 22.1. The number of hydrogen-bond acceptors (Lipinski definition) is 6. The van der Waals surface area contributed by atoms with Crippen LogP contribution in [0.25, 0.3) is 11.0 Å². The summed E-state index contributed by atoms with van der Waals surface area (Å²) in [4.78, 5) is 22.0. The molecular weight excluding hydrogens is 406 g/mol. The summed E-state index contributed by atoms with van der Waals surface area (Å²) in [5.74, 6) is 0. The number of carbonyl (C=O) groups is 1. The first-order chi connectivity index (χ1) is 13.9. The van der Waals surface area contributed by atoms with Crippen LogP contribution in [0, 0.1) is 0 Å². The second kappa shape index (κ2) is 8.51. The number of anilines is 2. The highest BCUT2D eigenvalue weighted by Gasteiger charge is 2.27. The number of aliphatic hydroxyl groups is 1. The van der Waals surface area contributed by atoms with Gasteiger partial charge in [-0.15, -0.1) is 0 Å². The second-order valence-electron chi connectivity index (χ2n) is 9.48. The summed E-state index contributed by atoms with van der Waals surface area (Å²) in [7, 11) is 0. The number of ether oxygens (including phenoxy) is 1. The number of aromatic amines is 1. The third kappa shape index (κ3) is 5.70. The van der Waals surface area contributed by atoms with Gasteiger partial charge in [0.2, 0.25) is 0 Å². The van der Waals surface area contributed by atoms with Crippen molar-refractivity contribution in [2.45, 2.75) is 64.7 Å². The van der Waals surface area contributed by atoms with Crippen molar-refractivity contribution in [3.8, 4) is 0 Å². The second-order valence-corrected chi connectivity index (χ2v) is 9.89. The lowest BCUT2D eigenvalue weighted by Crippen LogP contribution is -2.49. The number of H-pyrrole nitrogens is 1. The van der Waals surface area contributed by atoms with Crippen LogP contribution in [0.4, 0.5) is 16.2 Å². The summed E-state index contributed by atoms with van der Waals surface area (Å²) in [5.41, 5.74) is 1.03. The molecular formula is C21H32ClN5O3. The van der Waals surface area contributed by atoms with Crippen molar-refractivity contribution in [1.29, 1.82) is 0 Å². The first-order valence-electron chi connectivity index (χ1n) is 10.3. The van der Waals surface area contributed by atoms with E-state index in [0.717, 1.165) is 41.8 Å². The van der Waals surface area contributed by atoms with Crippen molar-refractivity contribution >= 4 is 40.1 Å². The number of fused-ring (bicyclic) bond motifs is 1. The minimum Gasteiger partial charge on any atom is -0.444 e. The summed E-state index contributed by atoms with van der Waals surface area (Å²) in [6.07, 6.45) is 4.86. The lowest BCUT2D eigenvalue weighted by molar-refractivity contribution is 0.0500. The van der Waals surface area contributed by atoms with Crippen LogP contribution >= 0.6 is 11.6 Å². The van der Waals surface area contributed by atoms with Gasteiger partial charge in [0.15, 0.2) is 0 Å². The van der Waals surface area contributed by atoms with E-state index in [4.69, 9.17) is 16.3 Å². The molecule has 3 rings (SSSR count). The Bertz CT molecular complexity index is 900. The van der Waals surface area contributed by atoms with Crippen LogP contribution < -0.4 is 15.5 Å². The average Bonchev–Trinajstić information content (AvgIpc) is 3.01. The van der Waals surface area contributed by atoms with Crippen LogP contribution in [0.3, 0.4) is 0 Å². The smallest absolute Gasteiger partial charge is 0.407 e. The molecule has 0 aromatic carbocycles. The summed E-state index contributed by atoms with van der Waals surface area (Å²) in [6.45, 7) is 10.9. The van der Waals surface area contributed by atoms with Crippen molar-refractivity contribution in [3.63, 3.8) is 0 Å². The molecule has 3 heterocycles. The number of hydrogen-bond donors (Lipinski definition) is 4. The van der Waals surface area contributed by atoms with Gasteiger partial charge in [-0.25, -0.2) is 9.78 Å². The van der Waals surface area contributed by atoms with E-state index >= 15 is 0 Å². The Balaban J connectivity index is 1.83. The molecule has 2 aromatic rings. The number of piperidine rings is 1. The molecule has 1 aliphatic rings. The van der Waals surface area contributed by atoms with Gasteiger partial charge in [0.25, 0.3) is 0 Å². The van der Waals surface area contributed by atoms with E-state index in [-0.39, 0.29) is 6.04 Å². The fourth-order valence-electron chi connectivity index (χ4n) is 3.59. The molecule has 4 N–H and O–H groups in total. The quantitative estimate of drug-likeness (QED) is 0.565. The van der Waals surface area contributed by atoms with E-state index in [0.29, 0.717) is 18.1 Å². The topological polar surface area (TPSA) is 103 Å². The molecule has 9 heteroatoms. The number of aromatic nitrogens is 2. The van der Waals surface area contributed by atoms with Crippen LogP contribution in [0.2, 0.25) is 5.02 Å². The molecule has 0 spiro atoms. The first-order valence-corrected chi connectivity index (χ1v) is 10.7. The molecule has 0 bridgehead atoms. The van der Waals surface area contributed by atoms with Crippen LogP contribution in [-0.2, 0) is 4.74 Å². The van der Waals surface area contributed by atoms with E-state index in [1.807, 2.05) is 27.0 Å². The molecule has 0 saturated carbocycles. The SMILES string of the molecule is CC(C)(O)CNc1c[nH]c2ncc(Cl)c(N3CCC[C@@H](NC(=O)OC(C)(C)C)C3)c12. The number of amides is 1. The first kappa shape index (κ1) is 22.5. The molecule has 8 nitrogen and oxygen atoms in total. The van der Waals surface area contributed by atoms with E-state index < -0.39 is 17.3 Å². The maximum atomic E-state index is 12.2. The maximum Gasteiger partial charge on any atom is 0.407 e. The van der Waals surface area contributed by atoms with Gasteiger partial charge >= 0.3 is 6.09 Å². The number of alkyl carbamates (subject to hydrolysis) is 1. The average molecular weight is 438 g/mol. The molecule has 1 aliphatic heterocycles. The highest BCUT2D eigenvalue weighted by molar-refractivity contribution is 6.35. The molecule has 30 heavy (non-hydrogen) atoms. The standard InChI is InChI=1S/C21H32ClN5O3/c1-20(2,3)30-19(28)26-13-7-6-8-27(11-13)17-14(22)9-23-18-16(17)15(10-24-18)25-12-21(4,5)29/h9-10,13,25,29H,6-8,11-12H2,1-5H3,(H,23,24)(H,26,28)/t13-/m1/s1. The monoisotopic (exact) mass is 437 g/mol. The normalized spacial score (nSPS) is 17.8. The Kier molecular flexibility index (Phi) is 6.38. The van der Waals surface area contributed by atoms with Crippen LogP contribution in [0.1, 0.15) is 47.5 Å². The van der Waals surface area contributed by atoms with Gasteiger partial charge in [0.05, 0.1) is 33.6 Å². The van der Waals surface area contributed by atoms with Gasteiger partial charge in [-0.1, -0.05) is 11.6 Å². The Morgan fingerprint density at radius 1 is 1.40 bits per heavy atom. The zero-order valence-corrected chi connectivity index (χ0v) is 19.1. The maximum absolute atomic E-state index is 12.2. The van der Waals surface area contributed by atoms with E-state index in [9.17, 15) is 9.90 Å². The summed E-state index contributed by atoms with van der Waals surface area (Å²) >= 11 is 6.59. The molecule has 2 aromatic heterocycles. The lowest BCUT2D eigenvalue weighted by atomic mass is 10.0. The van der Waals surface area contributed by atoms with E-state index in [1.165, 1.54) is 0 Å². The van der Waals surface area contributed by atoms with Crippen LogP contribution in [-0.4, -0.2) is 58.0 Å². The number of carbonyl (C=O) groups excluding carboxylic acids is 1. The summed E-state index contributed by atoms with van der Waals surface area (Å²) in [5, 5.41) is 17.8. The van der Waals surface area contributed by atoms with Crippen molar-refractivity contribution in [3.05, 3.63) is 17.4 Å². The van der Waals surface area contributed by atoms with Crippen molar-refractivity contribution in [2.24, 2.45) is 0 Å². The van der Waals surface area contributed by atoms with Gasteiger partial charge in [-0.05, 0) is 47.5 Å². The van der Waals surface area contributed by atoms with Gasteiger partial charge in [-0.3, -0.25) is 0 Å². The van der Waals surface area contributed by atoms with Gasteiger partial charge < -0.3 is 30.4 Å². The fraction of sp³-hybridized carbons (Fsp3) is 0.619. The van der Waals surface area contributed by atoms with Crippen molar-refractivity contribution < 1.29 is 14.6 Å². The highest BCUT2D eigenvalue weighted by atomic mass is 35.5. The fourth-order valence-corrected chi connectivity index (χ4v) is 3.85. The molecule has 1 saturated heterocycles. The third-order valence-corrected chi connectivity index (χ3v) is 5.08. The Labute approximate surface area is 182 Å². The Morgan fingerprint density at radius 3 is 2.80 bits per heavy atom. The number of nitrogens with one attached hydrogen (secondary N) is 3. The highest BCUT2D eigenvalue weighted by Crippen LogP contribution is 2.38. The number of pyridine rings is 1. The van der Waals surface area contributed by atoms with Crippen molar-refractivity contribution in [2.75, 3.05) is 29.9 Å². The lowest BCUT2D eigenvalue weighted by Gasteiger charge is -2.36. The third-order valence-electron chi connectivity index (χ3n) is 4.80. The predicted octanol–water partition coefficient (Wildman–Crippen LogP) is 3.89. The largest absolute Gasteiger partial charge is 0.444 e. The van der Waals surface area contributed by atoms with Gasteiger partial charge in [0, 0.05) is 31.9 Å². The summed E-state index contributed by atoms with van der Waals surface area (Å²) < 4.78 is 5.40. The Morgan fingerprint density at radius 2 is 2.13 bits per heavy atom. The molecule has 0 unspecified atom stereocenters. The number of nitrogens with zero attached hydrogens (tertiary/aromatic N) is 2. The number of rotatable bonds is 5. The minimum absolute atomic E-state index is 0.0420. The summed E-state index contributed by atoms with van der Waals surface area (Å²) in [6, 6.07) is -0.0420. The molecule has 1 fully saturated rings. The predicted molar refractivity (Wildman–Crippen MR) is 120 cm³/mol. The Hall–Kier alpha value is -2.19. The minimum atomic E-state index is -0.858. The van der Waals surface area contributed by atoms with Gasteiger partial charge in [-0.2, -0.15) is 0 Å². The molecule has 1 atom stereocenters. The van der Waals surface area contributed by atoms with Crippen molar-refractivity contribution in [1.82, 2.24) is 15.3 Å². The molecule has 166 valence electrons. The molecule has 1 amide bonds. The van der Waals surface area contributed by atoms with E-state index in [2.05, 4.69) is 25.5 Å². The zero-order valence-electron chi connectivity index (χ0n) is 18.3. The van der Waals surface area contributed by atoms with Crippen LogP contribution in [0.5, 0.6) is 0 Å². The van der Waals surface area contributed by atoms with E-state index in [1.54, 1.807) is 20.0 Å². The number of halogens is 1.